The third kappa shape index (κ3) is 2.94. The van der Waals surface area contributed by atoms with Crippen LogP contribution in [0.1, 0.15) is 15.4 Å². The average molecular weight is 288 g/mol. The third-order valence-corrected chi connectivity index (χ3v) is 3.24. The number of anilines is 1. The molecule has 0 unspecified atom stereocenters. The van der Waals surface area contributed by atoms with Gasteiger partial charge < -0.3 is 5.32 Å². The van der Waals surface area contributed by atoms with Gasteiger partial charge in [0.05, 0.1) is 5.69 Å². The smallest absolute Gasteiger partial charge is 0.269 e. The van der Waals surface area contributed by atoms with Gasteiger partial charge in [-0.25, -0.2) is 0 Å². The topological polar surface area (TPSA) is 54.9 Å². The predicted octanol–water partition coefficient (Wildman–Crippen LogP) is 3.41. The molecule has 1 aromatic heterocycles. The summed E-state index contributed by atoms with van der Waals surface area (Å²) in [7, 11) is 0. The first-order chi connectivity index (χ1) is 8.06. The Morgan fingerprint density at radius 1 is 1.29 bits per heavy atom. The average Bonchev–Trinajstić information content (AvgIpc) is 2.62. The second-order valence-electron chi connectivity index (χ2n) is 3.30. The number of halogens is 2. The molecule has 1 aromatic carbocycles. The van der Waals surface area contributed by atoms with Crippen molar-refractivity contribution < 1.29 is 4.79 Å². The van der Waals surface area contributed by atoms with Gasteiger partial charge in [-0.2, -0.15) is 0 Å². The van der Waals surface area contributed by atoms with Crippen molar-refractivity contribution in [1.29, 1.82) is 0 Å². The van der Waals surface area contributed by atoms with Gasteiger partial charge in [0.2, 0.25) is 0 Å². The summed E-state index contributed by atoms with van der Waals surface area (Å²) in [6, 6.07) is 4.84. The van der Waals surface area contributed by atoms with E-state index in [9.17, 15) is 4.79 Å². The number of nitrogens with zero attached hydrogens (tertiary/aromatic N) is 2. The number of hydrogen-bond donors (Lipinski definition) is 1. The van der Waals surface area contributed by atoms with Crippen LogP contribution in [0.25, 0.3) is 0 Å². The molecule has 0 saturated heterocycles. The number of nitrogens with one attached hydrogen (secondary N) is 1. The Hall–Kier alpha value is -1.17. The van der Waals surface area contributed by atoms with Crippen LogP contribution >= 0.6 is 34.7 Å². The molecule has 17 heavy (non-hydrogen) atoms. The van der Waals surface area contributed by atoms with E-state index in [2.05, 4.69) is 14.9 Å². The minimum atomic E-state index is -0.268. The Bertz CT molecular complexity index is 550. The van der Waals surface area contributed by atoms with E-state index in [1.54, 1.807) is 25.1 Å². The quantitative estimate of drug-likeness (QED) is 0.921. The molecule has 0 aliphatic rings. The van der Waals surface area contributed by atoms with Crippen molar-refractivity contribution in [2.24, 2.45) is 0 Å². The van der Waals surface area contributed by atoms with E-state index in [-0.39, 0.29) is 5.91 Å². The zero-order valence-electron chi connectivity index (χ0n) is 8.70. The highest BCUT2D eigenvalue weighted by Gasteiger charge is 2.13. The lowest BCUT2D eigenvalue weighted by atomic mass is 10.3. The van der Waals surface area contributed by atoms with Crippen LogP contribution in [-0.4, -0.2) is 15.5 Å². The van der Waals surface area contributed by atoms with Gasteiger partial charge in [-0.15, -0.1) is 5.10 Å². The van der Waals surface area contributed by atoms with Gasteiger partial charge in [0.15, 0.2) is 0 Å². The molecular formula is C10H7Cl2N3OS. The van der Waals surface area contributed by atoms with Crippen LogP contribution in [0.2, 0.25) is 10.0 Å². The molecule has 0 radical (unpaired) electrons. The molecule has 0 spiro atoms. The molecule has 0 aliphatic heterocycles. The Morgan fingerprint density at radius 3 is 2.47 bits per heavy atom. The molecule has 2 aromatic rings. The summed E-state index contributed by atoms with van der Waals surface area (Å²) in [5, 5.41) is 7.39. The molecule has 7 heteroatoms. The van der Waals surface area contributed by atoms with Gasteiger partial charge in [0.25, 0.3) is 5.91 Å². The fourth-order valence-electron chi connectivity index (χ4n) is 1.25. The van der Waals surface area contributed by atoms with Gasteiger partial charge in [0, 0.05) is 15.7 Å². The summed E-state index contributed by atoms with van der Waals surface area (Å²) in [6.45, 7) is 1.73. The molecule has 0 aliphatic carbocycles. The van der Waals surface area contributed by atoms with Gasteiger partial charge in [0.1, 0.15) is 4.88 Å². The summed E-state index contributed by atoms with van der Waals surface area (Å²) < 4.78 is 3.70. The van der Waals surface area contributed by atoms with Crippen LogP contribution in [-0.2, 0) is 0 Å². The summed E-state index contributed by atoms with van der Waals surface area (Å²) in [4.78, 5) is 12.3. The van der Waals surface area contributed by atoms with E-state index in [1.165, 1.54) is 0 Å². The van der Waals surface area contributed by atoms with Crippen molar-refractivity contribution in [3.8, 4) is 0 Å². The maximum absolute atomic E-state index is 11.9. The number of aromatic nitrogens is 2. The van der Waals surface area contributed by atoms with Gasteiger partial charge in [-0.05, 0) is 36.7 Å². The largest absolute Gasteiger partial charge is 0.321 e. The fourth-order valence-corrected chi connectivity index (χ4v) is 2.33. The Balaban J connectivity index is 2.21. The first-order valence-corrected chi connectivity index (χ1v) is 6.15. The van der Waals surface area contributed by atoms with E-state index in [0.717, 1.165) is 11.5 Å². The SMILES string of the molecule is Cc1nnsc1C(=O)Nc1cc(Cl)cc(Cl)c1. The molecular weight excluding hydrogens is 281 g/mol. The van der Waals surface area contributed by atoms with Gasteiger partial charge in [-0.1, -0.05) is 27.7 Å². The Kier molecular flexibility index (Phi) is 3.61. The zero-order chi connectivity index (χ0) is 12.4. The van der Waals surface area contributed by atoms with Crippen LogP contribution in [0.5, 0.6) is 0 Å². The third-order valence-electron chi connectivity index (χ3n) is 1.98. The highest BCUT2D eigenvalue weighted by Crippen LogP contribution is 2.23. The lowest BCUT2D eigenvalue weighted by Crippen LogP contribution is -2.11. The van der Waals surface area contributed by atoms with E-state index in [0.29, 0.717) is 26.3 Å². The molecule has 88 valence electrons. The number of carbonyl (C=O) groups is 1. The molecule has 0 atom stereocenters. The van der Waals surface area contributed by atoms with Gasteiger partial charge >= 0.3 is 0 Å². The fraction of sp³-hybridized carbons (Fsp3) is 0.100. The molecule has 0 saturated carbocycles. The summed E-state index contributed by atoms with van der Waals surface area (Å²) in [5.41, 5.74) is 1.14. The van der Waals surface area contributed by atoms with Crippen LogP contribution in [0.4, 0.5) is 5.69 Å². The highest BCUT2D eigenvalue weighted by atomic mass is 35.5. The van der Waals surface area contributed by atoms with Crippen LogP contribution < -0.4 is 5.32 Å². The predicted molar refractivity (Wildman–Crippen MR) is 69.1 cm³/mol. The lowest BCUT2D eigenvalue weighted by Gasteiger charge is -2.04. The Labute approximate surface area is 112 Å². The normalized spacial score (nSPS) is 10.3. The number of benzene rings is 1. The summed E-state index contributed by atoms with van der Waals surface area (Å²) >= 11 is 12.7. The van der Waals surface area contributed by atoms with E-state index >= 15 is 0 Å². The van der Waals surface area contributed by atoms with Crippen molar-refractivity contribution in [3.63, 3.8) is 0 Å². The molecule has 4 nitrogen and oxygen atoms in total. The Morgan fingerprint density at radius 2 is 1.94 bits per heavy atom. The van der Waals surface area contributed by atoms with Crippen molar-refractivity contribution in [3.05, 3.63) is 38.8 Å². The first kappa shape index (κ1) is 12.3. The monoisotopic (exact) mass is 287 g/mol. The first-order valence-electron chi connectivity index (χ1n) is 4.62. The maximum atomic E-state index is 11.9. The minimum Gasteiger partial charge on any atom is -0.321 e. The van der Waals surface area contributed by atoms with E-state index < -0.39 is 0 Å². The second kappa shape index (κ2) is 5.00. The minimum absolute atomic E-state index is 0.268. The van der Waals surface area contributed by atoms with E-state index in [4.69, 9.17) is 23.2 Å². The molecule has 2 rings (SSSR count). The van der Waals surface area contributed by atoms with Crippen molar-refractivity contribution in [2.45, 2.75) is 6.92 Å². The lowest BCUT2D eigenvalue weighted by molar-refractivity contribution is 0.103. The van der Waals surface area contributed by atoms with Gasteiger partial charge in [-0.3, -0.25) is 4.79 Å². The molecule has 0 bridgehead atoms. The summed E-state index contributed by atoms with van der Waals surface area (Å²) in [6.07, 6.45) is 0. The number of aryl methyl sites for hydroxylation is 1. The van der Waals surface area contributed by atoms with Crippen molar-refractivity contribution in [1.82, 2.24) is 9.59 Å². The number of rotatable bonds is 2. The number of amides is 1. The molecule has 1 amide bonds. The maximum Gasteiger partial charge on any atom is 0.269 e. The molecule has 1 N–H and O–H groups in total. The highest BCUT2D eigenvalue weighted by molar-refractivity contribution is 7.08. The van der Waals surface area contributed by atoms with Crippen molar-refractivity contribution >= 4 is 46.3 Å². The summed E-state index contributed by atoms with van der Waals surface area (Å²) in [5.74, 6) is -0.268. The molecule has 0 fully saturated rings. The van der Waals surface area contributed by atoms with E-state index in [1.807, 2.05) is 0 Å². The molecule has 1 heterocycles. The van der Waals surface area contributed by atoms with Crippen LogP contribution in [0.3, 0.4) is 0 Å². The van der Waals surface area contributed by atoms with Crippen LogP contribution in [0.15, 0.2) is 18.2 Å². The number of hydrogen-bond acceptors (Lipinski definition) is 4. The number of carbonyl (C=O) groups excluding carboxylic acids is 1. The van der Waals surface area contributed by atoms with Crippen LogP contribution in [0, 0.1) is 6.92 Å². The van der Waals surface area contributed by atoms with Crippen molar-refractivity contribution in [2.75, 3.05) is 5.32 Å². The standard InChI is InChI=1S/C10H7Cl2N3OS/c1-5-9(17-15-14-5)10(16)13-8-3-6(11)2-7(12)4-8/h2-4H,1H3,(H,13,16). The second-order valence-corrected chi connectivity index (χ2v) is 4.93. The zero-order valence-corrected chi connectivity index (χ0v) is 11.0.